The van der Waals surface area contributed by atoms with Crippen molar-refractivity contribution in [3.8, 4) is 0 Å². The van der Waals surface area contributed by atoms with Gasteiger partial charge in [-0.25, -0.2) is 8.42 Å². The fraction of sp³-hybridized carbons (Fsp3) is 0.682. The predicted molar refractivity (Wildman–Crippen MR) is 120 cm³/mol. The molecule has 2 heterocycles. The van der Waals surface area contributed by atoms with E-state index < -0.39 is 10.0 Å². The molecule has 0 saturated carbocycles. The lowest BCUT2D eigenvalue weighted by Gasteiger charge is -2.35. The van der Waals surface area contributed by atoms with E-state index >= 15 is 0 Å². The molecule has 3 rings (SSSR count). The highest BCUT2D eigenvalue weighted by atomic mass is 32.2. The van der Waals surface area contributed by atoms with Gasteiger partial charge in [-0.1, -0.05) is 24.1 Å². The molecule has 168 valence electrons. The highest BCUT2D eigenvalue weighted by molar-refractivity contribution is 7.89. The van der Waals surface area contributed by atoms with Crippen molar-refractivity contribution in [3.05, 3.63) is 35.4 Å². The molecular weight excluding hydrogens is 400 g/mol. The van der Waals surface area contributed by atoms with Crippen molar-refractivity contribution < 1.29 is 13.2 Å². The summed E-state index contributed by atoms with van der Waals surface area (Å²) in [6.45, 7) is 9.16. The molecule has 0 aromatic heterocycles. The third-order valence-corrected chi connectivity index (χ3v) is 8.09. The first kappa shape index (κ1) is 23.2. The van der Waals surface area contributed by atoms with Crippen LogP contribution in [0.4, 0.5) is 0 Å². The van der Waals surface area contributed by atoms with Gasteiger partial charge in [0.15, 0.2) is 0 Å². The second-order valence-corrected chi connectivity index (χ2v) is 10.6. The first-order chi connectivity index (χ1) is 14.4. The lowest BCUT2D eigenvalue weighted by atomic mass is 10.0. The molecule has 0 radical (unpaired) electrons. The van der Waals surface area contributed by atoms with Crippen molar-refractivity contribution in [3.63, 3.8) is 0 Å². The van der Waals surface area contributed by atoms with Crippen molar-refractivity contribution in [2.24, 2.45) is 0 Å². The SMILES string of the molecule is Cc1cccc(C(=O)N(CCN2CCCC[C@@H]2C)CCS(=O)(=O)N2CCNCC2)c1. The quantitative estimate of drug-likeness (QED) is 0.669. The number of carbonyl (C=O) groups is 1. The van der Waals surface area contributed by atoms with Gasteiger partial charge in [0.05, 0.1) is 5.75 Å². The summed E-state index contributed by atoms with van der Waals surface area (Å²) < 4.78 is 27.2. The van der Waals surface area contributed by atoms with E-state index in [9.17, 15) is 13.2 Å². The highest BCUT2D eigenvalue weighted by Crippen LogP contribution is 2.17. The third kappa shape index (κ3) is 6.26. The van der Waals surface area contributed by atoms with Crippen molar-refractivity contribution >= 4 is 15.9 Å². The summed E-state index contributed by atoms with van der Waals surface area (Å²) in [7, 11) is -3.37. The molecule has 1 atom stereocenters. The Morgan fingerprint density at radius 1 is 1.17 bits per heavy atom. The van der Waals surface area contributed by atoms with Crippen LogP contribution in [-0.4, -0.2) is 92.6 Å². The number of rotatable bonds is 8. The molecule has 0 aliphatic carbocycles. The number of hydrogen-bond acceptors (Lipinski definition) is 5. The predicted octanol–water partition coefficient (Wildman–Crippen LogP) is 1.55. The van der Waals surface area contributed by atoms with E-state index in [1.807, 2.05) is 31.2 Å². The summed E-state index contributed by atoms with van der Waals surface area (Å²) in [4.78, 5) is 17.4. The molecule has 2 saturated heterocycles. The van der Waals surface area contributed by atoms with Crippen molar-refractivity contribution in [2.75, 3.05) is 58.1 Å². The van der Waals surface area contributed by atoms with E-state index in [1.54, 1.807) is 9.21 Å². The normalized spacial score (nSPS) is 21.5. The summed E-state index contributed by atoms with van der Waals surface area (Å²) in [5.74, 6) is -0.112. The van der Waals surface area contributed by atoms with Gasteiger partial charge in [-0.2, -0.15) is 4.31 Å². The molecular formula is C22H36N4O3S. The number of nitrogens with one attached hydrogen (secondary N) is 1. The number of piperazine rings is 1. The molecule has 1 amide bonds. The van der Waals surface area contributed by atoms with Crippen LogP contribution in [0.25, 0.3) is 0 Å². The Bertz CT molecular complexity index is 808. The highest BCUT2D eigenvalue weighted by Gasteiger charge is 2.27. The Balaban J connectivity index is 1.68. The zero-order chi connectivity index (χ0) is 21.6. The van der Waals surface area contributed by atoms with Gasteiger partial charge in [0.1, 0.15) is 0 Å². The summed E-state index contributed by atoms with van der Waals surface area (Å²) in [5, 5.41) is 3.18. The number of sulfonamides is 1. The Labute approximate surface area is 181 Å². The minimum Gasteiger partial charge on any atom is -0.336 e. The fourth-order valence-corrected chi connectivity index (χ4v) is 5.74. The van der Waals surface area contributed by atoms with Crippen LogP contribution >= 0.6 is 0 Å². The van der Waals surface area contributed by atoms with Gasteiger partial charge >= 0.3 is 0 Å². The maximum atomic E-state index is 13.2. The van der Waals surface area contributed by atoms with E-state index in [-0.39, 0.29) is 18.2 Å². The summed E-state index contributed by atoms with van der Waals surface area (Å²) in [5.41, 5.74) is 1.65. The van der Waals surface area contributed by atoms with Crippen LogP contribution in [0, 0.1) is 6.92 Å². The lowest BCUT2D eigenvalue weighted by Crippen LogP contribution is -2.49. The van der Waals surface area contributed by atoms with Gasteiger partial charge in [0.25, 0.3) is 5.91 Å². The van der Waals surface area contributed by atoms with E-state index in [4.69, 9.17) is 0 Å². The number of hydrogen-bond donors (Lipinski definition) is 1. The van der Waals surface area contributed by atoms with Crippen LogP contribution in [0.1, 0.15) is 42.1 Å². The topological polar surface area (TPSA) is 73.0 Å². The Morgan fingerprint density at radius 2 is 1.93 bits per heavy atom. The first-order valence-electron chi connectivity index (χ1n) is 11.2. The van der Waals surface area contributed by atoms with E-state index in [0.717, 1.165) is 18.7 Å². The smallest absolute Gasteiger partial charge is 0.253 e. The van der Waals surface area contributed by atoms with Gasteiger partial charge in [-0.3, -0.25) is 9.69 Å². The molecule has 0 spiro atoms. The maximum absolute atomic E-state index is 13.2. The third-order valence-electron chi connectivity index (χ3n) is 6.24. The molecule has 8 heteroatoms. The fourth-order valence-electron chi connectivity index (χ4n) is 4.29. The molecule has 1 N–H and O–H groups in total. The maximum Gasteiger partial charge on any atom is 0.253 e. The Morgan fingerprint density at radius 3 is 2.63 bits per heavy atom. The van der Waals surface area contributed by atoms with Crippen LogP contribution in [0.2, 0.25) is 0 Å². The van der Waals surface area contributed by atoms with E-state index in [0.29, 0.717) is 44.3 Å². The second-order valence-electron chi connectivity index (χ2n) is 8.51. The van der Waals surface area contributed by atoms with E-state index in [2.05, 4.69) is 17.1 Å². The molecule has 0 bridgehead atoms. The van der Waals surface area contributed by atoms with Gasteiger partial charge < -0.3 is 10.2 Å². The molecule has 2 aliphatic rings. The van der Waals surface area contributed by atoms with Crippen LogP contribution < -0.4 is 5.32 Å². The zero-order valence-corrected chi connectivity index (χ0v) is 19.2. The minimum atomic E-state index is -3.37. The number of carbonyl (C=O) groups excluding carboxylic acids is 1. The van der Waals surface area contributed by atoms with Gasteiger partial charge in [-0.15, -0.1) is 0 Å². The van der Waals surface area contributed by atoms with Gasteiger partial charge in [0, 0.05) is 57.4 Å². The second kappa shape index (κ2) is 10.7. The molecule has 2 aliphatic heterocycles. The number of amides is 1. The van der Waals surface area contributed by atoms with Gasteiger partial charge in [-0.05, 0) is 45.4 Å². The minimum absolute atomic E-state index is 0.0277. The lowest BCUT2D eigenvalue weighted by molar-refractivity contribution is 0.0717. The van der Waals surface area contributed by atoms with Crippen LogP contribution in [-0.2, 0) is 10.0 Å². The van der Waals surface area contributed by atoms with E-state index in [1.165, 1.54) is 19.3 Å². The Hall–Kier alpha value is -1.48. The van der Waals surface area contributed by atoms with Crippen molar-refractivity contribution in [1.29, 1.82) is 0 Å². The molecule has 2 fully saturated rings. The number of benzene rings is 1. The number of aryl methyl sites for hydroxylation is 1. The molecule has 7 nitrogen and oxygen atoms in total. The summed E-state index contributed by atoms with van der Waals surface area (Å²) in [6, 6.07) is 8.05. The molecule has 1 aromatic carbocycles. The zero-order valence-electron chi connectivity index (χ0n) is 18.3. The average Bonchev–Trinajstić information content (AvgIpc) is 2.75. The van der Waals surface area contributed by atoms with Crippen LogP contribution in [0.3, 0.4) is 0 Å². The first-order valence-corrected chi connectivity index (χ1v) is 12.8. The van der Waals surface area contributed by atoms with Crippen molar-refractivity contribution in [2.45, 2.75) is 39.2 Å². The monoisotopic (exact) mass is 436 g/mol. The van der Waals surface area contributed by atoms with Gasteiger partial charge in [0.2, 0.25) is 10.0 Å². The van der Waals surface area contributed by atoms with Crippen LogP contribution in [0.5, 0.6) is 0 Å². The average molecular weight is 437 g/mol. The molecule has 30 heavy (non-hydrogen) atoms. The number of piperidine rings is 1. The van der Waals surface area contributed by atoms with Crippen LogP contribution in [0.15, 0.2) is 24.3 Å². The molecule has 1 aromatic rings. The summed E-state index contributed by atoms with van der Waals surface area (Å²) in [6.07, 6.45) is 3.63. The van der Waals surface area contributed by atoms with Crippen molar-refractivity contribution in [1.82, 2.24) is 19.4 Å². The number of likely N-dealkylation sites (tertiary alicyclic amines) is 1. The largest absolute Gasteiger partial charge is 0.336 e. The molecule has 0 unspecified atom stereocenters. The standard InChI is InChI=1S/C22H36N4O3S/c1-19-6-5-8-21(18-19)22(27)25(15-14-24-11-4-3-7-20(24)2)16-17-30(28,29)26-12-9-23-10-13-26/h5-6,8,18,20,23H,3-4,7,9-17H2,1-2H3/t20-/m0/s1. The Kier molecular flexibility index (Phi) is 8.27. The summed E-state index contributed by atoms with van der Waals surface area (Å²) >= 11 is 0. The number of nitrogens with zero attached hydrogens (tertiary/aromatic N) is 3.